The molecular weight excluding hydrogens is 202 g/mol. The van der Waals surface area contributed by atoms with E-state index in [-0.39, 0.29) is 12.3 Å². The number of carbonyl (C=O) groups is 1. The summed E-state index contributed by atoms with van der Waals surface area (Å²) in [7, 11) is 0. The Morgan fingerprint density at radius 2 is 1.94 bits per heavy atom. The SMILES string of the molecule is NC(=O)Cc1occc1Cc1ccccc1. The number of carbonyl (C=O) groups excluding carboxylic acids is 1. The molecule has 0 unspecified atom stereocenters. The predicted molar refractivity (Wildman–Crippen MR) is 60.9 cm³/mol. The Labute approximate surface area is 93.9 Å². The van der Waals surface area contributed by atoms with Crippen molar-refractivity contribution in [2.45, 2.75) is 12.8 Å². The fourth-order valence-corrected chi connectivity index (χ4v) is 1.65. The third-order valence-corrected chi connectivity index (χ3v) is 2.41. The molecule has 0 aliphatic rings. The second-order valence-corrected chi connectivity index (χ2v) is 3.67. The van der Waals surface area contributed by atoms with E-state index in [2.05, 4.69) is 0 Å². The molecule has 3 heteroatoms. The van der Waals surface area contributed by atoms with Crippen LogP contribution in [0.25, 0.3) is 0 Å². The quantitative estimate of drug-likeness (QED) is 0.846. The number of hydrogen-bond donors (Lipinski definition) is 1. The molecule has 0 radical (unpaired) electrons. The molecule has 2 aromatic rings. The highest BCUT2D eigenvalue weighted by Crippen LogP contribution is 2.16. The lowest BCUT2D eigenvalue weighted by atomic mass is 10.0. The van der Waals surface area contributed by atoms with Gasteiger partial charge < -0.3 is 10.2 Å². The maximum Gasteiger partial charge on any atom is 0.225 e. The summed E-state index contributed by atoms with van der Waals surface area (Å²) in [5, 5.41) is 0. The molecule has 2 N–H and O–H groups in total. The Hall–Kier alpha value is -2.03. The zero-order valence-corrected chi connectivity index (χ0v) is 8.85. The summed E-state index contributed by atoms with van der Waals surface area (Å²) in [5.41, 5.74) is 7.35. The monoisotopic (exact) mass is 215 g/mol. The van der Waals surface area contributed by atoms with Crippen LogP contribution in [0.15, 0.2) is 47.1 Å². The highest BCUT2D eigenvalue weighted by Gasteiger charge is 2.09. The molecule has 16 heavy (non-hydrogen) atoms. The summed E-state index contributed by atoms with van der Waals surface area (Å²) in [6, 6.07) is 11.9. The first-order valence-corrected chi connectivity index (χ1v) is 5.13. The summed E-state index contributed by atoms with van der Waals surface area (Å²) < 4.78 is 5.25. The number of nitrogens with two attached hydrogens (primary N) is 1. The molecule has 1 amide bonds. The van der Waals surface area contributed by atoms with Gasteiger partial charge in [-0.1, -0.05) is 30.3 Å². The van der Waals surface area contributed by atoms with Crippen LogP contribution in [0.2, 0.25) is 0 Å². The van der Waals surface area contributed by atoms with Gasteiger partial charge >= 0.3 is 0 Å². The average molecular weight is 215 g/mol. The fraction of sp³-hybridized carbons (Fsp3) is 0.154. The third-order valence-electron chi connectivity index (χ3n) is 2.41. The minimum atomic E-state index is -0.371. The normalized spacial score (nSPS) is 10.2. The van der Waals surface area contributed by atoms with Crippen molar-refractivity contribution in [1.29, 1.82) is 0 Å². The molecule has 0 saturated heterocycles. The van der Waals surface area contributed by atoms with Gasteiger partial charge in [0.05, 0.1) is 12.7 Å². The number of primary amides is 1. The van der Waals surface area contributed by atoms with Gasteiger partial charge in [-0.25, -0.2) is 0 Å². The van der Waals surface area contributed by atoms with E-state index in [1.54, 1.807) is 6.26 Å². The molecule has 3 nitrogen and oxygen atoms in total. The number of furan rings is 1. The first-order chi connectivity index (χ1) is 7.75. The Morgan fingerprint density at radius 1 is 1.19 bits per heavy atom. The molecule has 82 valence electrons. The lowest BCUT2D eigenvalue weighted by molar-refractivity contribution is -0.117. The van der Waals surface area contributed by atoms with Crippen molar-refractivity contribution >= 4 is 5.91 Å². The van der Waals surface area contributed by atoms with Gasteiger partial charge in [0.1, 0.15) is 5.76 Å². The maximum absolute atomic E-state index is 10.8. The van der Waals surface area contributed by atoms with Crippen LogP contribution in [0.3, 0.4) is 0 Å². The third kappa shape index (κ3) is 2.51. The van der Waals surface area contributed by atoms with E-state index in [1.807, 2.05) is 36.4 Å². The predicted octanol–water partition coefficient (Wildman–Crippen LogP) is 1.90. The fourth-order valence-electron chi connectivity index (χ4n) is 1.65. The molecule has 0 spiro atoms. The summed E-state index contributed by atoms with van der Waals surface area (Å²) in [6.45, 7) is 0. The first kappa shape index (κ1) is 10.5. The van der Waals surface area contributed by atoms with Gasteiger partial charge in [0, 0.05) is 6.42 Å². The molecule has 0 aliphatic carbocycles. The van der Waals surface area contributed by atoms with Crippen LogP contribution in [0.4, 0.5) is 0 Å². The van der Waals surface area contributed by atoms with Gasteiger partial charge in [-0.05, 0) is 17.2 Å². The summed E-state index contributed by atoms with van der Waals surface area (Å²) in [6.07, 6.45) is 2.52. The van der Waals surface area contributed by atoms with Gasteiger partial charge in [0.15, 0.2) is 0 Å². The van der Waals surface area contributed by atoms with E-state index in [0.717, 1.165) is 12.0 Å². The van der Waals surface area contributed by atoms with Gasteiger partial charge in [0.2, 0.25) is 5.91 Å². The van der Waals surface area contributed by atoms with E-state index in [1.165, 1.54) is 5.56 Å². The molecule has 0 atom stereocenters. The maximum atomic E-state index is 10.8. The smallest absolute Gasteiger partial charge is 0.225 e. The highest BCUT2D eigenvalue weighted by atomic mass is 16.3. The molecule has 0 aliphatic heterocycles. The second-order valence-electron chi connectivity index (χ2n) is 3.67. The molecule has 0 fully saturated rings. The van der Waals surface area contributed by atoms with E-state index in [9.17, 15) is 4.79 Å². The lowest BCUT2D eigenvalue weighted by Gasteiger charge is -2.01. The summed E-state index contributed by atoms with van der Waals surface area (Å²) >= 11 is 0. The molecule has 1 aromatic heterocycles. The van der Waals surface area contributed by atoms with Gasteiger partial charge in [-0.3, -0.25) is 4.79 Å². The van der Waals surface area contributed by atoms with E-state index < -0.39 is 0 Å². The van der Waals surface area contributed by atoms with Crippen molar-refractivity contribution in [3.8, 4) is 0 Å². The van der Waals surface area contributed by atoms with Gasteiger partial charge in [-0.15, -0.1) is 0 Å². The molecule has 0 saturated carbocycles. The van der Waals surface area contributed by atoms with Crippen LogP contribution in [-0.4, -0.2) is 5.91 Å². The summed E-state index contributed by atoms with van der Waals surface area (Å²) in [5.74, 6) is 0.292. The van der Waals surface area contributed by atoms with Crippen molar-refractivity contribution in [2.75, 3.05) is 0 Å². The van der Waals surface area contributed by atoms with Gasteiger partial charge in [-0.2, -0.15) is 0 Å². The first-order valence-electron chi connectivity index (χ1n) is 5.13. The number of rotatable bonds is 4. The topological polar surface area (TPSA) is 56.2 Å². The van der Waals surface area contributed by atoms with Crippen molar-refractivity contribution in [2.24, 2.45) is 5.73 Å². The Bertz CT molecular complexity index is 474. The summed E-state index contributed by atoms with van der Waals surface area (Å²) in [4.78, 5) is 10.8. The van der Waals surface area contributed by atoms with Gasteiger partial charge in [0.25, 0.3) is 0 Å². The second kappa shape index (κ2) is 4.66. The zero-order valence-electron chi connectivity index (χ0n) is 8.85. The van der Waals surface area contributed by atoms with Crippen molar-refractivity contribution in [3.63, 3.8) is 0 Å². The number of hydrogen-bond acceptors (Lipinski definition) is 2. The van der Waals surface area contributed by atoms with Crippen molar-refractivity contribution in [1.82, 2.24) is 0 Å². The van der Waals surface area contributed by atoms with Crippen LogP contribution in [0.5, 0.6) is 0 Å². The Kier molecular flexibility index (Phi) is 3.05. The minimum Gasteiger partial charge on any atom is -0.469 e. The zero-order chi connectivity index (χ0) is 11.4. The molecular formula is C13H13NO2. The molecule has 1 heterocycles. The van der Waals surface area contributed by atoms with Crippen LogP contribution in [0.1, 0.15) is 16.9 Å². The highest BCUT2D eigenvalue weighted by molar-refractivity contribution is 5.76. The number of benzene rings is 1. The lowest BCUT2D eigenvalue weighted by Crippen LogP contribution is -2.14. The molecule has 0 bridgehead atoms. The Balaban J connectivity index is 2.16. The average Bonchev–Trinajstić information content (AvgIpc) is 2.66. The van der Waals surface area contributed by atoms with Crippen LogP contribution < -0.4 is 5.73 Å². The van der Waals surface area contributed by atoms with Crippen LogP contribution in [0, 0.1) is 0 Å². The Morgan fingerprint density at radius 3 is 2.62 bits per heavy atom. The molecule has 1 aromatic carbocycles. The van der Waals surface area contributed by atoms with Crippen molar-refractivity contribution < 1.29 is 9.21 Å². The molecule has 2 rings (SSSR count). The largest absolute Gasteiger partial charge is 0.469 e. The standard InChI is InChI=1S/C13H13NO2/c14-13(15)9-12-11(6-7-16-12)8-10-4-2-1-3-5-10/h1-7H,8-9H2,(H2,14,15). The number of amides is 1. The van der Waals surface area contributed by atoms with E-state index in [4.69, 9.17) is 10.2 Å². The minimum absolute atomic E-state index is 0.162. The van der Waals surface area contributed by atoms with Crippen molar-refractivity contribution in [3.05, 3.63) is 59.5 Å². The van der Waals surface area contributed by atoms with Crippen LogP contribution in [-0.2, 0) is 17.6 Å². The van der Waals surface area contributed by atoms with Crippen LogP contribution >= 0.6 is 0 Å². The van der Waals surface area contributed by atoms with E-state index in [0.29, 0.717) is 5.76 Å². The van der Waals surface area contributed by atoms with E-state index >= 15 is 0 Å².